The van der Waals surface area contributed by atoms with Gasteiger partial charge < -0.3 is 9.47 Å². The lowest BCUT2D eigenvalue weighted by Crippen LogP contribution is -2.46. The second kappa shape index (κ2) is 7.58. The van der Waals surface area contributed by atoms with Gasteiger partial charge in [-0.15, -0.1) is 0 Å². The Morgan fingerprint density at radius 3 is 2.50 bits per heavy atom. The highest BCUT2D eigenvalue weighted by Gasteiger charge is 2.55. The van der Waals surface area contributed by atoms with Crippen LogP contribution in [0.3, 0.4) is 0 Å². The van der Waals surface area contributed by atoms with E-state index in [9.17, 15) is 0 Å². The fraction of sp³-hybridized carbons (Fsp3) is 0.556. The van der Waals surface area contributed by atoms with Crippen molar-refractivity contribution in [2.75, 3.05) is 0 Å². The van der Waals surface area contributed by atoms with E-state index in [0.29, 0.717) is 29.6 Å². The van der Waals surface area contributed by atoms with E-state index in [1.54, 1.807) is 22.3 Å². The van der Waals surface area contributed by atoms with Crippen LogP contribution in [0.1, 0.15) is 97.1 Å². The Balaban J connectivity index is 1.24. The van der Waals surface area contributed by atoms with E-state index < -0.39 is 0 Å². The molecule has 0 amide bonds. The van der Waals surface area contributed by atoms with Gasteiger partial charge in [-0.2, -0.15) is 0 Å². The molecule has 198 valence electrons. The molecule has 0 spiro atoms. The summed E-state index contributed by atoms with van der Waals surface area (Å²) in [4.78, 5) is 0. The normalized spacial score (nSPS) is 34.6. The molecule has 2 heterocycles. The van der Waals surface area contributed by atoms with Crippen molar-refractivity contribution in [3.8, 4) is 5.75 Å². The summed E-state index contributed by atoms with van der Waals surface area (Å²) in [7, 11) is 0. The maximum absolute atomic E-state index is 6.92. The molecule has 2 aliphatic heterocycles. The first-order valence-corrected chi connectivity index (χ1v) is 15.2. The monoisotopic (exact) mass is 506 g/mol. The fourth-order valence-corrected chi connectivity index (χ4v) is 8.95. The zero-order valence-corrected chi connectivity index (χ0v) is 24.0. The van der Waals surface area contributed by atoms with E-state index in [4.69, 9.17) is 9.47 Å². The lowest BCUT2D eigenvalue weighted by molar-refractivity contribution is 0.0740. The summed E-state index contributed by atoms with van der Waals surface area (Å²) < 4.78 is 13.7. The van der Waals surface area contributed by atoms with Gasteiger partial charge in [0.1, 0.15) is 23.4 Å². The van der Waals surface area contributed by atoms with Crippen molar-refractivity contribution in [2.24, 2.45) is 29.1 Å². The third kappa shape index (κ3) is 3.18. The van der Waals surface area contributed by atoms with Crippen molar-refractivity contribution in [1.82, 2.24) is 0 Å². The highest BCUT2D eigenvalue weighted by molar-refractivity contribution is 5.63. The molecular weight excluding hydrogens is 464 g/mol. The minimum Gasteiger partial charge on any atom is -0.489 e. The van der Waals surface area contributed by atoms with E-state index in [1.165, 1.54) is 47.5 Å². The van der Waals surface area contributed by atoms with E-state index in [1.807, 2.05) is 0 Å². The molecule has 8 rings (SSSR count). The highest BCUT2D eigenvalue weighted by atomic mass is 16.5. The van der Waals surface area contributed by atoms with E-state index in [0.717, 1.165) is 25.0 Å². The van der Waals surface area contributed by atoms with E-state index in [2.05, 4.69) is 78.0 Å². The van der Waals surface area contributed by atoms with Gasteiger partial charge in [0.15, 0.2) is 0 Å². The topological polar surface area (TPSA) is 18.5 Å². The van der Waals surface area contributed by atoms with Gasteiger partial charge in [-0.25, -0.2) is 0 Å². The van der Waals surface area contributed by atoms with Gasteiger partial charge in [0.2, 0.25) is 0 Å². The lowest BCUT2D eigenvalue weighted by atomic mass is 9.52. The first-order chi connectivity index (χ1) is 18.1. The summed E-state index contributed by atoms with van der Waals surface area (Å²) in [6, 6.07) is 7.10. The van der Waals surface area contributed by atoms with Crippen LogP contribution in [0, 0.1) is 29.1 Å². The summed E-state index contributed by atoms with van der Waals surface area (Å²) in [6.45, 7) is 14.0. The SMILES string of the molecule is CC(C)(C)C1=CC2OC3=C4C(=CC5CC=C6Oc7cc(C(C)(C)C)ccc7C7CC(=C4C5C67)CC3)C2CC1. The maximum Gasteiger partial charge on any atom is 0.130 e. The molecule has 5 aliphatic carbocycles. The second-order valence-electron chi connectivity index (χ2n) is 15.1. The molecule has 0 fully saturated rings. The van der Waals surface area contributed by atoms with Crippen LogP contribution in [0.4, 0.5) is 0 Å². The number of fused-ring (bicyclic) bond motifs is 4. The molecule has 1 aromatic carbocycles. The van der Waals surface area contributed by atoms with Gasteiger partial charge in [-0.05, 0) is 89.3 Å². The molecule has 0 aromatic heterocycles. The Labute approximate surface area is 228 Å². The van der Waals surface area contributed by atoms with Gasteiger partial charge in [-0.3, -0.25) is 0 Å². The van der Waals surface area contributed by atoms with Crippen LogP contribution in [-0.4, -0.2) is 6.10 Å². The molecule has 6 atom stereocenters. The fourth-order valence-electron chi connectivity index (χ4n) is 8.95. The van der Waals surface area contributed by atoms with Crippen LogP contribution in [-0.2, 0) is 10.2 Å². The zero-order valence-electron chi connectivity index (χ0n) is 24.0. The number of hydrogen-bond acceptors (Lipinski definition) is 2. The molecule has 0 N–H and O–H groups in total. The Morgan fingerprint density at radius 1 is 0.868 bits per heavy atom. The van der Waals surface area contributed by atoms with Crippen molar-refractivity contribution in [2.45, 2.75) is 97.5 Å². The third-order valence-corrected chi connectivity index (χ3v) is 10.9. The van der Waals surface area contributed by atoms with E-state index >= 15 is 0 Å². The van der Waals surface area contributed by atoms with Gasteiger partial charge in [0.25, 0.3) is 0 Å². The van der Waals surface area contributed by atoms with Crippen LogP contribution in [0.25, 0.3) is 0 Å². The molecule has 6 unspecified atom stereocenters. The predicted molar refractivity (Wildman–Crippen MR) is 153 cm³/mol. The minimum absolute atomic E-state index is 0.126. The van der Waals surface area contributed by atoms with Crippen LogP contribution in [0.15, 0.2) is 75.8 Å². The standard InChI is InChI=1S/C36H42O2/c1-35(2,3)21-9-11-23-25-15-19-8-14-28-34-26(24-12-10-22(36(4,5)6)18-30(24)38-28)16-20-7-13-27(37-29(23)17-21)33(25)31(20)32(19)34/h9,11,13,16-18,20,24-25,30-31,33H,7-8,10,12,14-15H2,1-6H3. The number of allylic oxidation sites excluding steroid dienone is 8. The van der Waals surface area contributed by atoms with Crippen molar-refractivity contribution in [1.29, 1.82) is 0 Å². The Hall–Kier alpha value is -2.48. The largest absolute Gasteiger partial charge is 0.489 e. The molecule has 0 saturated carbocycles. The van der Waals surface area contributed by atoms with Crippen molar-refractivity contribution >= 4 is 0 Å². The predicted octanol–water partition coefficient (Wildman–Crippen LogP) is 9.07. The quantitative estimate of drug-likeness (QED) is 0.327. The number of hydrogen-bond donors (Lipinski definition) is 0. The van der Waals surface area contributed by atoms with Crippen LogP contribution < -0.4 is 4.74 Å². The van der Waals surface area contributed by atoms with Crippen LogP contribution in [0.5, 0.6) is 5.75 Å². The van der Waals surface area contributed by atoms with Crippen LogP contribution in [0.2, 0.25) is 0 Å². The Bertz CT molecular complexity index is 1410. The first kappa shape index (κ1) is 23.4. The van der Waals surface area contributed by atoms with Crippen molar-refractivity contribution in [3.63, 3.8) is 0 Å². The minimum atomic E-state index is 0.126. The summed E-state index contributed by atoms with van der Waals surface area (Å²) in [5.74, 6) is 6.28. The average Bonchev–Trinajstić information content (AvgIpc) is 2.88. The summed E-state index contributed by atoms with van der Waals surface area (Å²) >= 11 is 0. The Kier molecular flexibility index (Phi) is 4.67. The number of benzene rings is 1. The molecule has 0 saturated heterocycles. The van der Waals surface area contributed by atoms with Crippen LogP contribution >= 0.6 is 0 Å². The first-order valence-electron chi connectivity index (χ1n) is 15.2. The molecule has 1 aromatic rings. The lowest BCUT2D eigenvalue weighted by Gasteiger charge is -2.55. The number of rotatable bonds is 0. The van der Waals surface area contributed by atoms with Crippen molar-refractivity contribution in [3.05, 3.63) is 86.9 Å². The van der Waals surface area contributed by atoms with Gasteiger partial charge in [-0.1, -0.05) is 70.9 Å². The molecular formula is C36H42O2. The zero-order chi connectivity index (χ0) is 26.1. The van der Waals surface area contributed by atoms with Crippen molar-refractivity contribution < 1.29 is 9.47 Å². The number of ether oxygens (including phenoxy) is 2. The van der Waals surface area contributed by atoms with Gasteiger partial charge in [0, 0.05) is 35.7 Å². The molecule has 0 bridgehead atoms. The van der Waals surface area contributed by atoms with E-state index in [-0.39, 0.29) is 16.9 Å². The summed E-state index contributed by atoms with van der Waals surface area (Å²) in [6.07, 6.45) is 14.8. The maximum atomic E-state index is 6.92. The molecule has 2 heteroatoms. The smallest absolute Gasteiger partial charge is 0.130 e. The summed E-state index contributed by atoms with van der Waals surface area (Å²) in [5, 5.41) is 0. The van der Waals surface area contributed by atoms with Gasteiger partial charge in [0.05, 0.1) is 0 Å². The molecule has 7 aliphatic rings. The average molecular weight is 507 g/mol. The second-order valence-corrected chi connectivity index (χ2v) is 15.1. The summed E-state index contributed by atoms with van der Waals surface area (Å²) in [5.41, 5.74) is 11.3. The van der Waals surface area contributed by atoms with Gasteiger partial charge >= 0.3 is 0 Å². The molecule has 38 heavy (non-hydrogen) atoms. The molecule has 2 nitrogen and oxygen atoms in total. The molecule has 0 radical (unpaired) electrons. The Morgan fingerprint density at radius 2 is 1.71 bits per heavy atom. The highest BCUT2D eigenvalue weighted by Crippen LogP contribution is 2.65. The third-order valence-electron chi connectivity index (χ3n) is 10.9.